The Morgan fingerprint density at radius 3 is 2.67 bits per heavy atom. The van der Waals surface area contributed by atoms with Crippen LogP contribution in [-0.2, 0) is 17.2 Å². The number of amides is 1. The fourth-order valence-corrected chi connectivity index (χ4v) is 5.56. The Hall–Kier alpha value is -2.55. The highest BCUT2D eigenvalue weighted by Crippen LogP contribution is 2.36. The lowest BCUT2D eigenvalue weighted by Crippen LogP contribution is -2.44. The minimum absolute atomic E-state index is 0.190. The zero-order valence-electron chi connectivity index (χ0n) is 19.2. The number of ether oxygens (including phenoxy) is 1. The highest BCUT2D eigenvalue weighted by atomic mass is 35.5. The molecule has 1 amide bonds. The number of aromatic nitrogens is 3. The zero-order chi connectivity index (χ0) is 23.8. The van der Waals surface area contributed by atoms with E-state index in [0.29, 0.717) is 45.9 Å². The van der Waals surface area contributed by atoms with E-state index in [1.165, 1.54) is 16.0 Å². The maximum atomic E-state index is 13.2. The van der Waals surface area contributed by atoms with Crippen molar-refractivity contribution in [2.75, 3.05) is 19.8 Å². The molecule has 0 atom stereocenters. The number of rotatable bonds is 5. The van der Waals surface area contributed by atoms with Crippen LogP contribution in [0.2, 0.25) is 5.02 Å². The van der Waals surface area contributed by atoms with Crippen LogP contribution in [0.15, 0.2) is 29.1 Å². The molecule has 9 heteroatoms. The molecular formula is C24H27ClN4O3S. The number of thiazole rings is 1. The first-order valence-electron chi connectivity index (χ1n) is 10.9. The Labute approximate surface area is 201 Å². The summed E-state index contributed by atoms with van der Waals surface area (Å²) in [6, 6.07) is 7.82. The maximum absolute atomic E-state index is 13.2. The summed E-state index contributed by atoms with van der Waals surface area (Å²) in [5, 5.41) is 8.57. The van der Waals surface area contributed by atoms with Crippen LogP contribution in [0.5, 0.6) is 0 Å². The summed E-state index contributed by atoms with van der Waals surface area (Å²) in [6.07, 6.45) is 1.60. The van der Waals surface area contributed by atoms with E-state index >= 15 is 0 Å². The van der Waals surface area contributed by atoms with Gasteiger partial charge in [0.25, 0.3) is 11.5 Å². The number of nitrogens with zero attached hydrogens (tertiary/aromatic N) is 3. The Morgan fingerprint density at radius 1 is 1.24 bits per heavy atom. The van der Waals surface area contributed by atoms with Gasteiger partial charge in [0.1, 0.15) is 9.88 Å². The van der Waals surface area contributed by atoms with Gasteiger partial charge in [-0.25, -0.2) is 9.67 Å². The molecule has 2 aromatic heterocycles. The second-order valence-corrected chi connectivity index (χ2v) is 9.97. The summed E-state index contributed by atoms with van der Waals surface area (Å²) in [5.74, 6) is -0.190. The molecule has 0 aliphatic carbocycles. The SMILES string of the molecule is Cc1nc(-c2c(C)c(C)nn(C)c2=O)sc1C(=O)NCC1(c2cccc(Cl)c2)CCOCC1. The van der Waals surface area contributed by atoms with Gasteiger partial charge in [-0.2, -0.15) is 5.10 Å². The summed E-state index contributed by atoms with van der Waals surface area (Å²) >= 11 is 7.50. The van der Waals surface area contributed by atoms with E-state index in [2.05, 4.69) is 21.5 Å². The number of carbonyl (C=O) groups is 1. The van der Waals surface area contributed by atoms with Crippen molar-refractivity contribution in [3.05, 3.63) is 67.0 Å². The average molecular weight is 487 g/mol. The second-order valence-electron chi connectivity index (χ2n) is 8.53. The number of nitrogens with one attached hydrogen (secondary N) is 1. The smallest absolute Gasteiger partial charge is 0.277 e. The molecule has 1 aliphatic rings. The third-order valence-electron chi connectivity index (χ3n) is 6.42. The monoisotopic (exact) mass is 486 g/mol. The minimum Gasteiger partial charge on any atom is -0.381 e. The van der Waals surface area contributed by atoms with Crippen LogP contribution in [0, 0.1) is 20.8 Å². The van der Waals surface area contributed by atoms with E-state index < -0.39 is 0 Å². The molecule has 0 radical (unpaired) electrons. The first-order valence-corrected chi connectivity index (χ1v) is 12.1. The van der Waals surface area contributed by atoms with Crippen LogP contribution in [0.25, 0.3) is 10.6 Å². The largest absolute Gasteiger partial charge is 0.381 e. The van der Waals surface area contributed by atoms with Crippen LogP contribution in [0.4, 0.5) is 0 Å². The van der Waals surface area contributed by atoms with Gasteiger partial charge in [-0.05, 0) is 56.9 Å². The fourth-order valence-electron chi connectivity index (χ4n) is 4.29. The van der Waals surface area contributed by atoms with Crippen LogP contribution in [0.3, 0.4) is 0 Å². The molecule has 0 bridgehead atoms. The molecule has 1 aromatic carbocycles. The molecule has 0 saturated carbocycles. The lowest BCUT2D eigenvalue weighted by Gasteiger charge is -2.38. The number of hydrogen-bond acceptors (Lipinski definition) is 6. The number of hydrogen-bond donors (Lipinski definition) is 1. The predicted octanol–water partition coefficient (Wildman–Crippen LogP) is 3.96. The van der Waals surface area contributed by atoms with Gasteiger partial charge in [0.15, 0.2) is 0 Å². The van der Waals surface area contributed by atoms with E-state index in [1.807, 2.05) is 32.0 Å². The molecule has 1 fully saturated rings. The zero-order valence-corrected chi connectivity index (χ0v) is 20.8. The Balaban J connectivity index is 1.61. The van der Waals surface area contributed by atoms with Crippen molar-refractivity contribution in [1.29, 1.82) is 0 Å². The van der Waals surface area contributed by atoms with E-state index in [0.717, 1.165) is 29.7 Å². The standard InChI is InChI=1S/C24H27ClN4O3S/c1-14-15(2)28-29(4)23(31)19(14)22-27-16(3)20(33-22)21(30)26-13-24(8-10-32-11-9-24)17-6-5-7-18(25)12-17/h5-7,12H,8-11,13H2,1-4H3,(H,26,30). The molecular weight excluding hydrogens is 460 g/mol. The Kier molecular flexibility index (Phi) is 6.70. The number of benzene rings is 1. The molecule has 0 unspecified atom stereocenters. The summed E-state index contributed by atoms with van der Waals surface area (Å²) in [6.45, 7) is 7.25. The summed E-state index contributed by atoms with van der Waals surface area (Å²) in [7, 11) is 1.62. The quantitative estimate of drug-likeness (QED) is 0.590. The van der Waals surface area contributed by atoms with E-state index in [9.17, 15) is 9.59 Å². The van der Waals surface area contributed by atoms with E-state index in [-0.39, 0.29) is 16.9 Å². The van der Waals surface area contributed by atoms with Crippen LogP contribution in [-0.4, -0.2) is 40.4 Å². The van der Waals surface area contributed by atoms with Crippen molar-refractivity contribution in [1.82, 2.24) is 20.1 Å². The van der Waals surface area contributed by atoms with Gasteiger partial charge in [0.05, 0.1) is 17.0 Å². The van der Waals surface area contributed by atoms with Crippen LogP contribution < -0.4 is 10.9 Å². The van der Waals surface area contributed by atoms with Gasteiger partial charge in [-0.1, -0.05) is 23.7 Å². The van der Waals surface area contributed by atoms with Gasteiger partial charge in [-0.3, -0.25) is 9.59 Å². The lowest BCUT2D eigenvalue weighted by atomic mass is 9.74. The minimum atomic E-state index is -0.241. The number of halogens is 1. The fraction of sp³-hybridized carbons (Fsp3) is 0.417. The molecule has 33 heavy (non-hydrogen) atoms. The maximum Gasteiger partial charge on any atom is 0.277 e. The summed E-state index contributed by atoms with van der Waals surface area (Å²) in [4.78, 5) is 31.0. The second kappa shape index (κ2) is 9.37. The van der Waals surface area contributed by atoms with Crippen LogP contribution >= 0.6 is 22.9 Å². The summed E-state index contributed by atoms with van der Waals surface area (Å²) in [5.41, 5.74) is 3.28. The lowest BCUT2D eigenvalue weighted by molar-refractivity contribution is 0.0487. The van der Waals surface area contributed by atoms with Crippen molar-refractivity contribution in [3.8, 4) is 10.6 Å². The predicted molar refractivity (Wildman–Crippen MR) is 130 cm³/mol. The third-order valence-corrected chi connectivity index (χ3v) is 7.83. The average Bonchev–Trinajstić information content (AvgIpc) is 3.18. The third kappa shape index (κ3) is 4.60. The van der Waals surface area contributed by atoms with Crippen molar-refractivity contribution in [3.63, 3.8) is 0 Å². The molecule has 1 aliphatic heterocycles. The van der Waals surface area contributed by atoms with Crippen molar-refractivity contribution in [2.45, 2.75) is 39.0 Å². The molecule has 4 rings (SSSR count). The Morgan fingerprint density at radius 2 is 1.97 bits per heavy atom. The van der Waals surface area contributed by atoms with E-state index in [4.69, 9.17) is 16.3 Å². The highest BCUT2D eigenvalue weighted by Gasteiger charge is 2.35. The number of aryl methyl sites for hydroxylation is 3. The van der Waals surface area contributed by atoms with Crippen LogP contribution in [0.1, 0.15) is 45.0 Å². The van der Waals surface area contributed by atoms with Gasteiger partial charge >= 0.3 is 0 Å². The van der Waals surface area contributed by atoms with Crippen molar-refractivity contribution < 1.29 is 9.53 Å². The topological polar surface area (TPSA) is 86.1 Å². The molecule has 7 nitrogen and oxygen atoms in total. The molecule has 1 saturated heterocycles. The molecule has 3 heterocycles. The molecule has 0 spiro atoms. The first-order chi connectivity index (χ1) is 15.7. The van der Waals surface area contributed by atoms with E-state index in [1.54, 1.807) is 14.0 Å². The normalized spacial score (nSPS) is 15.4. The molecule has 3 aromatic rings. The number of carbonyl (C=O) groups excluding carboxylic acids is 1. The van der Waals surface area contributed by atoms with Gasteiger partial charge < -0.3 is 10.1 Å². The van der Waals surface area contributed by atoms with Gasteiger partial charge in [-0.15, -0.1) is 11.3 Å². The Bertz CT molecular complexity index is 1260. The van der Waals surface area contributed by atoms with Gasteiger partial charge in [0, 0.05) is 37.2 Å². The van der Waals surface area contributed by atoms with Gasteiger partial charge in [0.2, 0.25) is 0 Å². The highest BCUT2D eigenvalue weighted by molar-refractivity contribution is 7.17. The molecule has 1 N–H and O–H groups in total. The van der Waals surface area contributed by atoms with Crippen molar-refractivity contribution >= 4 is 28.8 Å². The molecule has 174 valence electrons. The summed E-state index contributed by atoms with van der Waals surface area (Å²) < 4.78 is 6.90. The van der Waals surface area contributed by atoms with Crippen molar-refractivity contribution in [2.24, 2.45) is 7.05 Å². The first kappa shape index (κ1) is 23.6.